The van der Waals surface area contributed by atoms with E-state index in [0.717, 1.165) is 27.8 Å². The lowest BCUT2D eigenvalue weighted by Gasteiger charge is -2.12. The molecular formula is C25H21NO. The van der Waals surface area contributed by atoms with Crippen molar-refractivity contribution in [2.75, 3.05) is 0 Å². The van der Waals surface area contributed by atoms with Gasteiger partial charge < -0.3 is 5.32 Å². The highest BCUT2D eigenvalue weighted by molar-refractivity contribution is 5.95. The molecule has 0 atom stereocenters. The van der Waals surface area contributed by atoms with Gasteiger partial charge in [0.25, 0.3) is 5.91 Å². The molecule has 4 aromatic rings. The molecule has 2 heteroatoms. The first-order valence-corrected chi connectivity index (χ1v) is 9.13. The first-order valence-electron chi connectivity index (χ1n) is 9.13. The second-order valence-electron chi connectivity index (χ2n) is 6.72. The number of nitrogens with one attached hydrogen (secondary N) is 1. The minimum absolute atomic E-state index is 0.0404. The summed E-state index contributed by atoms with van der Waals surface area (Å²) in [4.78, 5) is 12.6. The minimum Gasteiger partial charge on any atom is -0.348 e. The molecule has 4 aromatic carbocycles. The van der Waals surface area contributed by atoms with Crippen LogP contribution in [0.5, 0.6) is 0 Å². The Morgan fingerprint density at radius 2 is 1.48 bits per heavy atom. The van der Waals surface area contributed by atoms with Crippen LogP contribution < -0.4 is 5.32 Å². The number of hydrogen-bond donors (Lipinski definition) is 1. The predicted molar refractivity (Wildman–Crippen MR) is 112 cm³/mol. The van der Waals surface area contributed by atoms with Gasteiger partial charge in [-0.2, -0.15) is 0 Å². The van der Waals surface area contributed by atoms with Crippen LogP contribution in [0.3, 0.4) is 0 Å². The highest BCUT2D eigenvalue weighted by Gasteiger charge is 2.10. The molecule has 0 aliphatic carbocycles. The molecule has 0 heterocycles. The zero-order valence-corrected chi connectivity index (χ0v) is 15.3. The summed E-state index contributed by atoms with van der Waals surface area (Å²) in [6.45, 7) is 2.45. The molecule has 4 rings (SSSR count). The van der Waals surface area contributed by atoms with E-state index in [1.165, 1.54) is 10.8 Å². The van der Waals surface area contributed by atoms with Gasteiger partial charge in [-0.25, -0.2) is 0 Å². The fourth-order valence-electron chi connectivity index (χ4n) is 3.41. The van der Waals surface area contributed by atoms with Crippen LogP contribution in [0, 0.1) is 6.92 Å². The summed E-state index contributed by atoms with van der Waals surface area (Å²) in [7, 11) is 0. The SMILES string of the molecule is Cc1ccccc1C(=O)NCc1ccccc1-c1ccc2ccccc2c1. The number of fused-ring (bicyclic) bond motifs is 1. The third-order valence-corrected chi connectivity index (χ3v) is 4.91. The largest absolute Gasteiger partial charge is 0.348 e. The summed E-state index contributed by atoms with van der Waals surface area (Å²) in [5, 5.41) is 5.51. The van der Waals surface area contributed by atoms with E-state index >= 15 is 0 Å². The summed E-state index contributed by atoms with van der Waals surface area (Å²) in [5.41, 5.74) is 5.12. The molecule has 0 bridgehead atoms. The smallest absolute Gasteiger partial charge is 0.251 e. The van der Waals surface area contributed by atoms with Crippen LogP contribution in [0.25, 0.3) is 21.9 Å². The maximum Gasteiger partial charge on any atom is 0.251 e. The van der Waals surface area contributed by atoms with Crippen LogP contribution in [-0.2, 0) is 6.54 Å². The number of amides is 1. The minimum atomic E-state index is -0.0404. The maximum absolute atomic E-state index is 12.6. The van der Waals surface area contributed by atoms with Crippen molar-refractivity contribution < 1.29 is 4.79 Å². The lowest BCUT2D eigenvalue weighted by atomic mass is 9.97. The summed E-state index contributed by atoms with van der Waals surface area (Å²) in [5.74, 6) is -0.0404. The summed E-state index contributed by atoms with van der Waals surface area (Å²) in [6, 6.07) is 30.7. The van der Waals surface area contributed by atoms with E-state index in [1.54, 1.807) is 0 Å². The zero-order valence-electron chi connectivity index (χ0n) is 15.3. The molecule has 27 heavy (non-hydrogen) atoms. The molecule has 0 aliphatic heterocycles. The standard InChI is InChI=1S/C25H21NO/c1-18-8-2-6-12-23(18)25(27)26-17-22-11-5-7-13-24(22)21-15-14-19-9-3-4-10-20(19)16-21/h2-16H,17H2,1H3,(H,26,27). The lowest BCUT2D eigenvalue weighted by Crippen LogP contribution is -2.23. The topological polar surface area (TPSA) is 29.1 Å². The molecule has 2 nitrogen and oxygen atoms in total. The van der Waals surface area contributed by atoms with E-state index in [9.17, 15) is 4.79 Å². The summed E-state index contributed by atoms with van der Waals surface area (Å²) < 4.78 is 0. The highest BCUT2D eigenvalue weighted by Crippen LogP contribution is 2.27. The quantitative estimate of drug-likeness (QED) is 0.499. The first-order chi connectivity index (χ1) is 13.2. The van der Waals surface area contributed by atoms with E-state index in [-0.39, 0.29) is 5.91 Å². The van der Waals surface area contributed by atoms with Gasteiger partial charge in [-0.3, -0.25) is 4.79 Å². The maximum atomic E-state index is 12.6. The van der Waals surface area contributed by atoms with Gasteiger partial charge in [0.15, 0.2) is 0 Å². The monoisotopic (exact) mass is 351 g/mol. The van der Waals surface area contributed by atoms with Gasteiger partial charge in [-0.1, -0.05) is 78.9 Å². The average molecular weight is 351 g/mol. The Hall–Kier alpha value is -3.39. The first kappa shape index (κ1) is 17.0. The van der Waals surface area contributed by atoms with Crippen molar-refractivity contribution >= 4 is 16.7 Å². The van der Waals surface area contributed by atoms with Crippen LogP contribution in [0.4, 0.5) is 0 Å². The van der Waals surface area contributed by atoms with Crippen molar-refractivity contribution in [3.05, 3.63) is 108 Å². The third-order valence-electron chi connectivity index (χ3n) is 4.91. The molecule has 132 valence electrons. The van der Waals surface area contributed by atoms with Crippen LogP contribution in [0.1, 0.15) is 21.5 Å². The molecule has 1 N–H and O–H groups in total. The van der Waals surface area contributed by atoms with E-state index in [0.29, 0.717) is 6.54 Å². The van der Waals surface area contributed by atoms with Gasteiger partial charge in [0.2, 0.25) is 0 Å². The lowest BCUT2D eigenvalue weighted by molar-refractivity contribution is 0.0950. The molecule has 0 radical (unpaired) electrons. The predicted octanol–water partition coefficient (Wildman–Crippen LogP) is 5.75. The van der Waals surface area contributed by atoms with Crippen LogP contribution in [-0.4, -0.2) is 5.91 Å². The van der Waals surface area contributed by atoms with Gasteiger partial charge in [-0.05, 0) is 52.1 Å². The Kier molecular flexibility index (Phi) is 4.71. The zero-order chi connectivity index (χ0) is 18.6. The molecule has 1 amide bonds. The third kappa shape index (κ3) is 3.61. The Morgan fingerprint density at radius 1 is 0.778 bits per heavy atom. The van der Waals surface area contributed by atoms with Crippen molar-refractivity contribution in [1.82, 2.24) is 5.32 Å². The molecule has 0 saturated carbocycles. The molecule has 0 aliphatic rings. The fourth-order valence-corrected chi connectivity index (χ4v) is 3.41. The van der Waals surface area contributed by atoms with Crippen LogP contribution in [0.2, 0.25) is 0 Å². The fraction of sp³-hybridized carbons (Fsp3) is 0.0800. The summed E-state index contributed by atoms with van der Waals surface area (Å²) >= 11 is 0. The van der Waals surface area contributed by atoms with E-state index in [4.69, 9.17) is 0 Å². The van der Waals surface area contributed by atoms with Crippen LogP contribution in [0.15, 0.2) is 91.0 Å². The van der Waals surface area contributed by atoms with E-state index in [2.05, 4.69) is 59.9 Å². The summed E-state index contributed by atoms with van der Waals surface area (Å²) in [6.07, 6.45) is 0. The second kappa shape index (κ2) is 7.46. The Balaban J connectivity index is 1.61. The Bertz CT molecular complexity index is 1110. The Morgan fingerprint density at radius 3 is 2.33 bits per heavy atom. The van der Waals surface area contributed by atoms with Crippen molar-refractivity contribution in [2.45, 2.75) is 13.5 Å². The van der Waals surface area contributed by atoms with E-state index < -0.39 is 0 Å². The van der Waals surface area contributed by atoms with Crippen molar-refractivity contribution in [3.63, 3.8) is 0 Å². The van der Waals surface area contributed by atoms with Crippen molar-refractivity contribution in [3.8, 4) is 11.1 Å². The van der Waals surface area contributed by atoms with E-state index in [1.807, 2.05) is 43.3 Å². The molecule has 0 unspecified atom stereocenters. The molecular weight excluding hydrogens is 330 g/mol. The Labute approximate surface area is 159 Å². The number of hydrogen-bond acceptors (Lipinski definition) is 1. The van der Waals surface area contributed by atoms with Crippen molar-refractivity contribution in [2.24, 2.45) is 0 Å². The van der Waals surface area contributed by atoms with Gasteiger partial charge in [0, 0.05) is 12.1 Å². The molecule has 0 saturated heterocycles. The van der Waals surface area contributed by atoms with Gasteiger partial charge in [0.05, 0.1) is 0 Å². The molecule has 0 fully saturated rings. The number of rotatable bonds is 4. The number of carbonyl (C=O) groups excluding carboxylic acids is 1. The van der Waals surface area contributed by atoms with Gasteiger partial charge in [-0.15, -0.1) is 0 Å². The number of aryl methyl sites for hydroxylation is 1. The van der Waals surface area contributed by atoms with Crippen LogP contribution >= 0.6 is 0 Å². The molecule has 0 spiro atoms. The number of benzene rings is 4. The highest BCUT2D eigenvalue weighted by atomic mass is 16.1. The molecule has 0 aromatic heterocycles. The van der Waals surface area contributed by atoms with Gasteiger partial charge >= 0.3 is 0 Å². The van der Waals surface area contributed by atoms with Gasteiger partial charge in [0.1, 0.15) is 0 Å². The van der Waals surface area contributed by atoms with Crippen molar-refractivity contribution in [1.29, 1.82) is 0 Å². The second-order valence-corrected chi connectivity index (χ2v) is 6.72. The normalized spacial score (nSPS) is 10.7. The number of carbonyl (C=O) groups is 1. The average Bonchev–Trinajstić information content (AvgIpc) is 2.72.